The predicted molar refractivity (Wildman–Crippen MR) is 69.6 cm³/mol. The first kappa shape index (κ1) is 14.3. The van der Waals surface area contributed by atoms with Crippen LogP contribution in [-0.2, 0) is 0 Å². The highest BCUT2D eigenvalue weighted by Gasteiger charge is 2.19. The average molecular weight is 252 g/mol. The van der Waals surface area contributed by atoms with E-state index in [2.05, 4.69) is 0 Å². The minimum Gasteiger partial charge on any atom is -0.504 e. The van der Waals surface area contributed by atoms with Gasteiger partial charge in [-0.1, -0.05) is 0 Å². The van der Waals surface area contributed by atoms with E-state index in [0.29, 0.717) is 18.7 Å². The Morgan fingerprint density at radius 2 is 2.00 bits per heavy atom. The molecule has 5 nitrogen and oxygen atoms in total. The molecule has 100 valence electrons. The summed E-state index contributed by atoms with van der Waals surface area (Å²) in [5, 5.41) is 18.6. The molecule has 18 heavy (non-hydrogen) atoms. The number of phenols is 2. The van der Waals surface area contributed by atoms with Gasteiger partial charge in [-0.25, -0.2) is 0 Å². The van der Waals surface area contributed by atoms with Crippen LogP contribution in [-0.4, -0.2) is 40.2 Å². The Kier molecular flexibility index (Phi) is 4.97. The van der Waals surface area contributed by atoms with Crippen molar-refractivity contribution in [2.45, 2.75) is 26.3 Å². The van der Waals surface area contributed by atoms with Crippen molar-refractivity contribution in [2.75, 3.05) is 13.1 Å². The first-order valence-electron chi connectivity index (χ1n) is 6.00. The van der Waals surface area contributed by atoms with Crippen molar-refractivity contribution < 1.29 is 15.0 Å². The van der Waals surface area contributed by atoms with E-state index < -0.39 is 0 Å². The molecule has 1 amide bonds. The topological polar surface area (TPSA) is 86.8 Å². The van der Waals surface area contributed by atoms with Crippen molar-refractivity contribution in [2.24, 2.45) is 5.73 Å². The molecule has 0 atom stereocenters. The van der Waals surface area contributed by atoms with Gasteiger partial charge in [-0.2, -0.15) is 0 Å². The molecule has 0 heterocycles. The smallest absolute Gasteiger partial charge is 0.254 e. The van der Waals surface area contributed by atoms with Gasteiger partial charge >= 0.3 is 0 Å². The van der Waals surface area contributed by atoms with Gasteiger partial charge in [0, 0.05) is 18.2 Å². The Morgan fingerprint density at radius 1 is 1.33 bits per heavy atom. The minimum atomic E-state index is -0.289. The van der Waals surface area contributed by atoms with Gasteiger partial charge in [0.2, 0.25) is 0 Å². The Labute approximate surface area is 107 Å². The summed E-state index contributed by atoms with van der Waals surface area (Å²) in [5.74, 6) is -0.693. The van der Waals surface area contributed by atoms with Crippen molar-refractivity contribution in [3.63, 3.8) is 0 Å². The fourth-order valence-corrected chi connectivity index (χ4v) is 1.68. The summed E-state index contributed by atoms with van der Waals surface area (Å²) in [6.45, 7) is 4.95. The number of phenolic OH excluding ortho intramolecular Hbond substituents is 2. The number of hydrogen-bond donors (Lipinski definition) is 3. The fourth-order valence-electron chi connectivity index (χ4n) is 1.68. The van der Waals surface area contributed by atoms with Crippen molar-refractivity contribution in [3.05, 3.63) is 23.8 Å². The summed E-state index contributed by atoms with van der Waals surface area (Å²) < 4.78 is 0. The van der Waals surface area contributed by atoms with Crippen LogP contribution in [0, 0.1) is 0 Å². The summed E-state index contributed by atoms with van der Waals surface area (Å²) in [6, 6.07) is 4.13. The highest BCUT2D eigenvalue weighted by Crippen LogP contribution is 2.25. The molecular formula is C13H20N2O3. The molecule has 0 aliphatic carbocycles. The zero-order valence-electron chi connectivity index (χ0n) is 10.8. The summed E-state index contributed by atoms with van der Waals surface area (Å²) in [5.41, 5.74) is 5.81. The standard InChI is InChI=1S/C13H20N2O3/c1-9(2)15(7-3-6-14)13(18)10-4-5-11(16)12(17)8-10/h4-5,8-9,16-17H,3,6-7,14H2,1-2H3. The Balaban J connectivity index is 2.91. The van der Waals surface area contributed by atoms with E-state index in [9.17, 15) is 15.0 Å². The van der Waals surface area contributed by atoms with Crippen LogP contribution in [0.1, 0.15) is 30.6 Å². The van der Waals surface area contributed by atoms with Gasteiger partial charge < -0.3 is 20.8 Å². The van der Waals surface area contributed by atoms with E-state index in [0.717, 1.165) is 6.42 Å². The Morgan fingerprint density at radius 3 is 2.50 bits per heavy atom. The maximum Gasteiger partial charge on any atom is 0.254 e. The molecule has 4 N–H and O–H groups in total. The number of carbonyl (C=O) groups excluding carboxylic acids is 1. The number of amides is 1. The number of aromatic hydroxyl groups is 2. The SMILES string of the molecule is CC(C)N(CCCN)C(=O)c1ccc(O)c(O)c1. The fraction of sp³-hybridized carbons (Fsp3) is 0.462. The van der Waals surface area contributed by atoms with E-state index in [4.69, 9.17) is 5.73 Å². The van der Waals surface area contributed by atoms with Gasteiger partial charge in [0.25, 0.3) is 5.91 Å². The summed E-state index contributed by atoms with van der Waals surface area (Å²) in [6.07, 6.45) is 0.730. The second-order valence-corrected chi connectivity index (χ2v) is 4.44. The molecule has 5 heteroatoms. The van der Waals surface area contributed by atoms with Crippen LogP contribution in [0.3, 0.4) is 0 Å². The van der Waals surface area contributed by atoms with Gasteiger partial charge in [-0.15, -0.1) is 0 Å². The van der Waals surface area contributed by atoms with Gasteiger partial charge in [0.05, 0.1) is 0 Å². The molecule has 1 rings (SSSR count). The number of carbonyl (C=O) groups is 1. The third-order valence-corrected chi connectivity index (χ3v) is 2.71. The molecule has 0 fully saturated rings. The maximum atomic E-state index is 12.2. The zero-order valence-corrected chi connectivity index (χ0v) is 10.8. The van der Waals surface area contributed by atoms with E-state index in [1.807, 2.05) is 13.8 Å². The van der Waals surface area contributed by atoms with Crippen LogP contribution >= 0.6 is 0 Å². The Bertz CT molecular complexity index is 419. The molecule has 0 bridgehead atoms. The lowest BCUT2D eigenvalue weighted by Crippen LogP contribution is -2.38. The largest absolute Gasteiger partial charge is 0.504 e. The monoisotopic (exact) mass is 252 g/mol. The van der Waals surface area contributed by atoms with Gasteiger partial charge in [0.1, 0.15) is 0 Å². The van der Waals surface area contributed by atoms with Crippen LogP contribution < -0.4 is 5.73 Å². The van der Waals surface area contributed by atoms with Crippen LogP contribution in [0.25, 0.3) is 0 Å². The zero-order chi connectivity index (χ0) is 13.7. The van der Waals surface area contributed by atoms with E-state index in [1.165, 1.54) is 18.2 Å². The van der Waals surface area contributed by atoms with E-state index in [-0.39, 0.29) is 23.4 Å². The van der Waals surface area contributed by atoms with Crippen molar-refractivity contribution in [1.82, 2.24) is 4.90 Å². The lowest BCUT2D eigenvalue weighted by molar-refractivity contribution is 0.0704. The molecule has 0 aliphatic heterocycles. The number of nitrogens with zero attached hydrogens (tertiary/aromatic N) is 1. The van der Waals surface area contributed by atoms with Gasteiger partial charge in [-0.3, -0.25) is 4.79 Å². The highest BCUT2D eigenvalue weighted by atomic mass is 16.3. The number of benzene rings is 1. The molecule has 0 radical (unpaired) electrons. The van der Waals surface area contributed by atoms with Gasteiger partial charge in [-0.05, 0) is 45.0 Å². The van der Waals surface area contributed by atoms with Crippen LogP contribution in [0.2, 0.25) is 0 Å². The van der Waals surface area contributed by atoms with Crippen molar-refractivity contribution in [3.8, 4) is 11.5 Å². The third-order valence-electron chi connectivity index (χ3n) is 2.71. The van der Waals surface area contributed by atoms with E-state index >= 15 is 0 Å². The van der Waals surface area contributed by atoms with Crippen molar-refractivity contribution in [1.29, 1.82) is 0 Å². The van der Waals surface area contributed by atoms with Gasteiger partial charge in [0.15, 0.2) is 11.5 Å². The minimum absolute atomic E-state index is 0.0556. The Hall–Kier alpha value is -1.75. The van der Waals surface area contributed by atoms with Crippen LogP contribution in [0.5, 0.6) is 11.5 Å². The molecule has 0 saturated heterocycles. The molecule has 0 spiro atoms. The number of nitrogens with two attached hydrogens (primary N) is 1. The third kappa shape index (κ3) is 3.37. The maximum absolute atomic E-state index is 12.2. The molecule has 0 saturated carbocycles. The molecule has 1 aromatic rings. The quantitative estimate of drug-likeness (QED) is 0.689. The lowest BCUT2D eigenvalue weighted by Gasteiger charge is -2.26. The first-order valence-corrected chi connectivity index (χ1v) is 6.00. The highest BCUT2D eigenvalue weighted by molar-refractivity contribution is 5.95. The second kappa shape index (κ2) is 6.26. The lowest BCUT2D eigenvalue weighted by atomic mass is 10.1. The normalized spacial score (nSPS) is 10.7. The summed E-state index contributed by atoms with van der Waals surface area (Å²) in [7, 11) is 0. The predicted octanol–water partition coefficient (Wildman–Crippen LogP) is 1.30. The van der Waals surface area contributed by atoms with Crippen molar-refractivity contribution >= 4 is 5.91 Å². The molecular weight excluding hydrogens is 232 g/mol. The molecule has 1 aromatic carbocycles. The molecule has 0 aliphatic rings. The number of rotatable bonds is 5. The molecule has 0 unspecified atom stereocenters. The molecule has 0 aromatic heterocycles. The van der Waals surface area contributed by atoms with E-state index in [1.54, 1.807) is 4.90 Å². The summed E-state index contributed by atoms with van der Waals surface area (Å²) >= 11 is 0. The van der Waals surface area contributed by atoms with Crippen LogP contribution in [0.4, 0.5) is 0 Å². The summed E-state index contributed by atoms with van der Waals surface area (Å²) in [4.78, 5) is 13.9. The average Bonchev–Trinajstić information content (AvgIpc) is 2.32. The first-order chi connectivity index (χ1) is 8.47. The second-order valence-electron chi connectivity index (χ2n) is 4.44. The van der Waals surface area contributed by atoms with Crippen LogP contribution in [0.15, 0.2) is 18.2 Å². The number of hydrogen-bond acceptors (Lipinski definition) is 4.